The second kappa shape index (κ2) is 6.56. The lowest BCUT2D eigenvalue weighted by Crippen LogP contribution is -2.47. The number of hydrogen-bond donors (Lipinski definition) is 2. The van der Waals surface area contributed by atoms with E-state index in [9.17, 15) is 9.59 Å². The van der Waals surface area contributed by atoms with Gasteiger partial charge in [0.05, 0.1) is 0 Å². The van der Waals surface area contributed by atoms with Crippen LogP contribution in [0.4, 0.5) is 4.79 Å². The van der Waals surface area contributed by atoms with Crippen molar-refractivity contribution in [1.82, 2.24) is 10.2 Å². The molecule has 5 nitrogen and oxygen atoms in total. The number of amides is 2. The minimum atomic E-state index is -0.898. The zero-order valence-electron chi connectivity index (χ0n) is 10.1. The second-order valence-corrected chi connectivity index (χ2v) is 7.00. The molecule has 0 aromatic carbocycles. The Labute approximate surface area is 115 Å². The lowest BCUT2D eigenvalue weighted by molar-refractivity contribution is -0.141. The number of thioether (sulfide) groups is 2. The third-order valence-electron chi connectivity index (χ3n) is 3.16. The Morgan fingerprint density at radius 1 is 1.39 bits per heavy atom. The predicted octanol–water partition coefficient (Wildman–Crippen LogP) is 1.09. The summed E-state index contributed by atoms with van der Waals surface area (Å²) in [6, 6.07) is -0.866. The van der Waals surface area contributed by atoms with E-state index >= 15 is 0 Å². The van der Waals surface area contributed by atoms with E-state index in [0.717, 1.165) is 17.9 Å². The zero-order valence-corrected chi connectivity index (χ0v) is 11.8. The van der Waals surface area contributed by atoms with Crippen molar-refractivity contribution in [2.45, 2.75) is 24.1 Å². The molecule has 2 heterocycles. The Kier molecular flexibility index (Phi) is 5.05. The minimum absolute atomic E-state index is 0.226. The van der Waals surface area contributed by atoms with Crippen molar-refractivity contribution >= 4 is 35.5 Å². The fourth-order valence-corrected chi connectivity index (χ4v) is 4.84. The van der Waals surface area contributed by atoms with E-state index in [1.807, 2.05) is 23.5 Å². The molecule has 2 amide bonds. The van der Waals surface area contributed by atoms with Crippen molar-refractivity contribution in [2.75, 3.05) is 30.3 Å². The Bertz CT molecular complexity index is 321. The summed E-state index contributed by atoms with van der Waals surface area (Å²) in [4.78, 5) is 24.4. The molecule has 0 spiro atoms. The highest BCUT2D eigenvalue weighted by atomic mass is 32.2. The number of nitrogens with zero attached hydrogens (tertiary/aromatic N) is 1. The number of likely N-dealkylation sites (tertiary alicyclic amines) is 1. The summed E-state index contributed by atoms with van der Waals surface area (Å²) >= 11 is 3.80. The van der Waals surface area contributed by atoms with Crippen molar-refractivity contribution in [2.24, 2.45) is 0 Å². The summed E-state index contributed by atoms with van der Waals surface area (Å²) < 4.78 is 0. The standard InChI is InChI=1S/C11H18N2O3S2/c14-10(15)9-2-1-3-13(9)11(16)12-6-8-7-17-4-5-18-8/h8-9H,1-7H2,(H,12,16)(H,14,15)/t8?,9-/m1/s1. The van der Waals surface area contributed by atoms with E-state index < -0.39 is 12.0 Å². The van der Waals surface area contributed by atoms with Gasteiger partial charge in [-0.1, -0.05) is 0 Å². The van der Waals surface area contributed by atoms with Crippen LogP contribution in [0.2, 0.25) is 0 Å². The summed E-state index contributed by atoms with van der Waals surface area (Å²) in [5.41, 5.74) is 0. The molecular formula is C11H18N2O3S2. The van der Waals surface area contributed by atoms with Gasteiger partial charge in [-0.15, -0.1) is 0 Å². The number of urea groups is 1. The molecule has 0 aromatic heterocycles. The van der Waals surface area contributed by atoms with Gasteiger partial charge in [0, 0.05) is 35.6 Å². The van der Waals surface area contributed by atoms with E-state index in [2.05, 4.69) is 5.32 Å². The molecular weight excluding hydrogens is 272 g/mol. The predicted molar refractivity (Wildman–Crippen MR) is 74.3 cm³/mol. The Morgan fingerprint density at radius 2 is 2.22 bits per heavy atom. The first-order valence-corrected chi connectivity index (χ1v) is 8.35. The molecule has 102 valence electrons. The first-order valence-electron chi connectivity index (χ1n) is 6.15. The largest absolute Gasteiger partial charge is 0.480 e. The van der Waals surface area contributed by atoms with Crippen LogP contribution < -0.4 is 5.32 Å². The summed E-state index contributed by atoms with van der Waals surface area (Å²) in [5.74, 6) is 2.48. The van der Waals surface area contributed by atoms with Crippen molar-refractivity contribution in [1.29, 1.82) is 0 Å². The Balaban J connectivity index is 1.78. The molecule has 2 aliphatic rings. The normalized spacial score (nSPS) is 28.1. The molecule has 2 atom stereocenters. The van der Waals surface area contributed by atoms with Crippen LogP contribution in [0, 0.1) is 0 Å². The number of hydrogen-bond acceptors (Lipinski definition) is 4. The summed E-state index contributed by atoms with van der Waals surface area (Å²) in [6.45, 7) is 1.19. The average molecular weight is 290 g/mol. The zero-order chi connectivity index (χ0) is 13.0. The third-order valence-corrected chi connectivity index (χ3v) is 6.01. The first-order chi connectivity index (χ1) is 8.68. The van der Waals surface area contributed by atoms with E-state index in [-0.39, 0.29) is 6.03 Å². The first kappa shape index (κ1) is 13.9. The Morgan fingerprint density at radius 3 is 2.89 bits per heavy atom. The van der Waals surface area contributed by atoms with E-state index in [1.54, 1.807) is 0 Å². The average Bonchev–Trinajstić information content (AvgIpc) is 2.86. The molecule has 2 saturated heterocycles. The summed E-state index contributed by atoms with van der Waals surface area (Å²) in [5, 5.41) is 12.3. The van der Waals surface area contributed by atoms with Gasteiger partial charge in [0.2, 0.25) is 0 Å². The van der Waals surface area contributed by atoms with Gasteiger partial charge < -0.3 is 15.3 Å². The number of carbonyl (C=O) groups is 2. The lowest BCUT2D eigenvalue weighted by atomic mass is 10.2. The molecule has 1 unspecified atom stereocenters. The molecule has 0 aromatic rings. The highest BCUT2D eigenvalue weighted by molar-refractivity contribution is 8.06. The van der Waals surface area contributed by atoms with Crippen LogP contribution in [-0.4, -0.2) is 63.6 Å². The second-order valence-electron chi connectivity index (χ2n) is 4.44. The van der Waals surface area contributed by atoms with Crippen LogP contribution in [0.3, 0.4) is 0 Å². The molecule has 2 fully saturated rings. The lowest BCUT2D eigenvalue weighted by Gasteiger charge is -2.25. The van der Waals surface area contributed by atoms with Crippen LogP contribution in [0.1, 0.15) is 12.8 Å². The maximum Gasteiger partial charge on any atom is 0.326 e. The maximum absolute atomic E-state index is 11.9. The molecule has 18 heavy (non-hydrogen) atoms. The number of carbonyl (C=O) groups excluding carboxylic acids is 1. The number of rotatable bonds is 3. The van der Waals surface area contributed by atoms with Crippen molar-refractivity contribution in [3.63, 3.8) is 0 Å². The number of carboxylic acid groups (broad SMARTS) is 1. The molecule has 0 radical (unpaired) electrons. The Hall–Kier alpha value is -0.560. The van der Waals surface area contributed by atoms with Gasteiger partial charge >= 0.3 is 12.0 Å². The van der Waals surface area contributed by atoms with Crippen LogP contribution >= 0.6 is 23.5 Å². The third kappa shape index (κ3) is 3.47. The topological polar surface area (TPSA) is 69.6 Å². The smallest absolute Gasteiger partial charge is 0.326 e. The van der Waals surface area contributed by atoms with Crippen LogP contribution in [0.25, 0.3) is 0 Å². The maximum atomic E-state index is 11.9. The molecule has 2 rings (SSSR count). The monoisotopic (exact) mass is 290 g/mol. The van der Waals surface area contributed by atoms with Crippen LogP contribution in [0.5, 0.6) is 0 Å². The van der Waals surface area contributed by atoms with Gasteiger partial charge in [-0.3, -0.25) is 0 Å². The van der Waals surface area contributed by atoms with E-state index in [0.29, 0.717) is 24.8 Å². The van der Waals surface area contributed by atoms with Gasteiger partial charge in [-0.05, 0) is 12.8 Å². The van der Waals surface area contributed by atoms with Crippen LogP contribution in [-0.2, 0) is 4.79 Å². The highest BCUT2D eigenvalue weighted by Gasteiger charge is 2.34. The molecule has 7 heteroatoms. The minimum Gasteiger partial charge on any atom is -0.480 e. The van der Waals surface area contributed by atoms with Crippen LogP contribution in [0.15, 0.2) is 0 Å². The molecule has 0 bridgehead atoms. The van der Waals surface area contributed by atoms with Gasteiger partial charge in [0.1, 0.15) is 6.04 Å². The SMILES string of the molecule is O=C(O)[C@H]1CCCN1C(=O)NCC1CSCCS1. The summed E-state index contributed by atoms with van der Waals surface area (Å²) in [7, 11) is 0. The number of nitrogens with one attached hydrogen (secondary N) is 1. The van der Waals surface area contributed by atoms with E-state index in [1.165, 1.54) is 10.7 Å². The number of aliphatic carboxylic acids is 1. The summed E-state index contributed by atoms with van der Waals surface area (Å²) in [6.07, 6.45) is 1.34. The molecule has 2 aliphatic heterocycles. The van der Waals surface area contributed by atoms with Gasteiger partial charge in [0.15, 0.2) is 0 Å². The highest BCUT2D eigenvalue weighted by Crippen LogP contribution is 2.23. The number of carboxylic acids is 1. The molecule has 2 N–H and O–H groups in total. The molecule has 0 aliphatic carbocycles. The quantitative estimate of drug-likeness (QED) is 0.814. The van der Waals surface area contributed by atoms with Gasteiger partial charge in [-0.25, -0.2) is 9.59 Å². The van der Waals surface area contributed by atoms with E-state index in [4.69, 9.17) is 5.11 Å². The van der Waals surface area contributed by atoms with Crippen molar-refractivity contribution in [3.8, 4) is 0 Å². The van der Waals surface area contributed by atoms with Gasteiger partial charge in [-0.2, -0.15) is 23.5 Å². The fraction of sp³-hybridized carbons (Fsp3) is 0.818. The fourth-order valence-electron chi connectivity index (χ4n) is 2.22. The molecule has 0 saturated carbocycles. The van der Waals surface area contributed by atoms with Crippen molar-refractivity contribution in [3.05, 3.63) is 0 Å². The van der Waals surface area contributed by atoms with Crippen molar-refractivity contribution < 1.29 is 14.7 Å². The van der Waals surface area contributed by atoms with Gasteiger partial charge in [0.25, 0.3) is 0 Å².